The average molecular weight is 426 g/mol. The number of rotatable bonds is 3. The second kappa shape index (κ2) is 6.65. The van der Waals surface area contributed by atoms with Gasteiger partial charge in [-0.2, -0.15) is 5.10 Å². The smallest absolute Gasteiger partial charge is 0.200 e. The molecule has 0 aliphatic carbocycles. The first-order valence-electron chi connectivity index (χ1n) is 5.05. The lowest BCUT2D eigenvalue weighted by Crippen LogP contribution is -2.15. The van der Waals surface area contributed by atoms with E-state index < -0.39 is 0 Å². The molecule has 0 aliphatic rings. The SMILES string of the molecule is Br.CCc1nn(Cc2ccc(I)cc2)c(=N)s1. The molecule has 6 heteroatoms. The topological polar surface area (TPSA) is 41.7 Å². The lowest BCUT2D eigenvalue weighted by molar-refractivity contribution is 0.638. The summed E-state index contributed by atoms with van der Waals surface area (Å²) in [5.41, 5.74) is 1.19. The van der Waals surface area contributed by atoms with Gasteiger partial charge < -0.3 is 0 Å². The molecule has 17 heavy (non-hydrogen) atoms. The van der Waals surface area contributed by atoms with Crippen LogP contribution >= 0.6 is 50.9 Å². The van der Waals surface area contributed by atoms with Crippen LogP contribution in [0.25, 0.3) is 0 Å². The molecule has 1 heterocycles. The monoisotopic (exact) mass is 425 g/mol. The fraction of sp³-hybridized carbons (Fsp3) is 0.273. The highest BCUT2D eigenvalue weighted by atomic mass is 127. The van der Waals surface area contributed by atoms with Gasteiger partial charge in [0, 0.05) is 3.57 Å². The normalized spacial score (nSPS) is 10.0. The summed E-state index contributed by atoms with van der Waals surface area (Å²) >= 11 is 3.74. The Balaban J connectivity index is 0.00000144. The Morgan fingerprint density at radius 2 is 2.00 bits per heavy atom. The molecule has 3 nitrogen and oxygen atoms in total. The lowest BCUT2D eigenvalue weighted by atomic mass is 10.2. The minimum Gasteiger partial charge on any atom is -0.274 e. The van der Waals surface area contributed by atoms with Crippen LogP contribution in [0.1, 0.15) is 17.5 Å². The van der Waals surface area contributed by atoms with Gasteiger partial charge in [-0.05, 0) is 46.7 Å². The van der Waals surface area contributed by atoms with Crippen LogP contribution in [-0.4, -0.2) is 9.78 Å². The quantitative estimate of drug-likeness (QED) is 0.753. The molecule has 1 aromatic heterocycles. The van der Waals surface area contributed by atoms with Crippen LogP contribution in [0.3, 0.4) is 0 Å². The molecule has 2 rings (SSSR count). The minimum atomic E-state index is 0. The van der Waals surface area contributed by atoms with E-state index >= 15 is 0 Å². The number of benzene rings is 1. The van der Waals surface area contributed by atoms with Crippen molar-refractivity contribution in [3.8, 4) is 0 Å². The van der Waals surface area contributed by atoms with Crippen LogP contribution in [0, 0.1) is 8.98 Å². The summed E-state index contributed by atoms with van der Waals surface area (Å²) in [5, 5.41) is 13.2. The predicted octanol–water partition coefficient (Wildman–Crippen LogP) is 3.22. The third-order valence-electron chi connectivity index (χ3n) is 2.23. The first-order valence-corrected chi connectivity index (χ1v) is 6.94. The molecule has 0 radical (unpaired) electrons. The first kappa shape index (κ1) is 14.8. The Labute approximate surface area is 128 Å². The summed E-state index contributed by atoms with van der Waals surface area (Å²) in [7, 11) is 0. The van der Waals surface area contributed by atoms with Gasteiger partial charge in [-0.25, -0.2) is 4.68 Å². The van der Waals surface area contributed by atoms with E-state index in [9.17, 15) is 0 Å². The zero-order chi connectivity index (χ0) is 11.5. The number of nitrogens with one attached hydrogen (secondary N) is 1. The van der Waals surface area contributed by atoms with Crippen molar-refractivity contribution in [1.29, 1.82) is 5.41 Å². The van der Waals surface area contributed by atoms with Gasteiger partial charge in [-0.3, -0.25) is 5.41 Å². The standard InChI is InChI=1S/C11H12IN3S.BrH/c1-2-10-14-15(11(13)16-10)7-8-3-5-9(12)6-4-8;/h3-6,13H,2,7H2,1H3;1H. The van der Waals surface area contributed by atoms with E-state index in [0.29, 0.717) is 11.3 Å². The van der Waals surface area contributed by atoms with Crippen molar-refractivity contribution in [3.63, 3.8) is 0 Å². The minimum absolute atomic E-state index is 0. The van der Waals surface area contributed by atoms with E-state index in [1.165, 1.54) is 20.5 Å². The molecule has 0 fully saturated rings. The van der Waals surface area contributed by atoms with E-state index in [1.807, 2.05) is 0 Å². The Morgan fingerprint density at radius 3 is 2.53 bits per heavy atom. The van der Waals surface area contributed by atoms with Crippen molar-refractivity contribution in [1.82, 2.24) is 9.78 Å². The maximum absolute atomic E-state index is 7.80. The maximum Gasteiger partial charge on any atom is 0.200 e. The zero-order valence-corrected chi connectivity index (χ0v) is 14.0. The summed E-state index contributed by atoms with van der Waals surface area (Å²) < 4.78 is 2.98. The molecule has 1 aromatic carbocycles. The Bertz CT molecular complexity index is 532. The lowest BCUT2D eigenvalue weighted by Gasteiger charge is -2.01. The van der Waals surface area contributed by atoms with Gasteiger partial charge >= 0.3 is 0 Å². The van der Waals surface area contributed by atoms with Crippen LogP contribution in [-0.2, 0) is 13.0 Å². The van der Waals surface area contributed by atoms with Gasteiger partial charge in [0.2, 0.25) is 4.80 Å². The molecular weight excluding hydrogens is 413 g/mol. The van der Waals surface area contributed by atoms with Gasteiger partial charge in [0.15, 0.2) is 0 Å². The molecule has 2 aromatic rings. The van der Waals surface area contributed by atoms with Crippen molar-refractivity contribution in [2.24, 2.45) is 0 Å². The molecule has 0 amide bonds. The molecule has 0 aliphatic heterocycles. The summed E-state index contributed by atoms with van der Waals surface area (Å²) in [5.74, 6) is 0. The first-order chi connectivity index (χ1) is 7.69. The van der Waals surface area contributed by atoms with Crippen LogP contribution in [0.5, 0.6) is 0 Å². The van der Waals surface area contributed by atoms with E-state index in [2.05, 4.69) is 58.9 Å². The number of hydrogen-bond donors (Lipinski definition) is 1. The maximum atomic E-state index is 7.80. The van der Waals surface area contributed by atoms with E-state index in [4.69, 9.17) is 5.41 Å². The number of nitrogens with zero attached hydrogens (tertiary/aromatic N) is 2. The van der Waals surface area contributed by atoms with Crippen molar-refractivity contribution in [2.75, 3.05) is 0 Å². The molecule has 0 unspecified atom stereocenters. The second-order valence-corrected chi connectivity index (χ2v) is 5.75. The third kappa shape index (κ3) is 3.89. The summed E-state index contributed by atoms with van der Waals surface area (Å²) in [4.78, 5) is 0.524. The molecule has 0 atom stereocenters. The third-order valence-corrected chi connectivity index (χ3v) is 3.96. The highest BCUT2D eigenvalue weighted by molar-refractivity contribution is 14.1. The van der Waals surface area contributed by atoms with Gasteiger partial charge in [-0.1, -0.05) is 30.4 Å². The van der Waals surface area contributed by atoms with Gasteiger partial charge in [0.25, 0.3) is 0 Å². The molecule has 0 bridgehead atoms. The Kier molecular flexibility index (Phi) is 5.81. The molecule has 0 saturated heterocycles. The average Bonchev–Trinajstić information content (AvgIpc) is 2.63. The zero-order valence-electron chi connectivity index (χ0n) is 9.31. The van der Waals surface area contributed by atoms with Crippen molar-refractivity contribution >= 4 is 50.9 Å². The van der Waals surface area contributed by atoms with Gasteiger partial charge in [0.05, 0.1) is 6.54 Å². The molecule has 92 valence electrons. The summed E-state index contributed by atoms with van der Waals surface area (Å²) in [6, 6.07) is 8.32. The van der Waals surface area contributed by atoms with Crippen LogP contribution < -0.4 is 4.80 Å². The largest absolute Gasteiger partial charge is 0.274 e. The Morgan fingerprint density at radius 1 is 1.35 bits per heavy atom. The number of aromatic nitrogens is 2. The molecule has 1 N–H and O–H groups in total. The van der Waals surface area contributed by atoms with E-state index in [-0.39, 0.29) is 17.0 Å². The number of hydrogen-bond acceptors (Lipinski definition) is 3. The second-order valence-electron chi connectivity index (χ2n) is 3.44. The van der Waals surface area contributed by atoms with E-state index in [1.54, 1.807) is 4.68 Å². The Hall–Kier alpha value is -0.210. The molecule has 0 spiro atoms. The summed E-state index contributed by atoms with van der Waals surface area (Å²) in [6.07, 6.45) is 0.899. The van der Waals surface area contributed by atoms with Crippen LogP contribution in [0.4, 0.5) is 0 Å². The number of aryl methyl sites for hydroxylation is 1. The van der Waals surface area contributed by atoms with Crippen LogP contribution in [0.2, 0.25) is 0 Å². The van der Waals surface area contributed by atoms with Crippen molar-refractivity contribution in [2.45, 2.75) is 19.9 Å². The van der Waals surface area contributed by atoms with Crippen molar-refractivity contribution < 1.29 is 0 Å². The number of halogens is 2. The highest BCUT2D eigenvalue weighted by Gasteiger charge is 2.02. The van der Waals surface area contributed by atoms with Gasteiger partial charge in [-0.15, -0.1) is 17.0 Å². The van der Waals surface area contributed by atoms with Crippen LogP contribution in [0.15, 0.2) is 24.3 Å². The molecular formula is C11H13BrIN3S. The molecule has 0 saturated carbocycles. The van der Waals surface area contributed by atoms with Crippen molar-refractivity contribution in [3.05, 3.63) is 43.2 Å². The fourth-order valence-corrected chi connectivity index (χ4v) is 2.45. The van der Waals surface area contributed by atoms with E-state index in [0.717, 1.165) is 11.4 Å². The highest BCUT2D eigenvalue weighted by Crippen LogP contribution is 2.08. The predicted molar refractivity (Wildman–Crippen MR) is 83.9 cm³/mol. The van der Waals surface area contributed by atoms with Gasteiger partial charge in [0.1, 0.15) is 5.01 Å². The summed E-state index contributed by atoms with van der Waals surface area (Å²) in [6.45, 7) is 2.75. The fourth-order valence-electron chi connectivity index (χ4n) is 1.38.